The van der Waals surface area contributed by atoms with E-state index in [1.807, 2.05) is 29.9 Å². The van der Waals surface area contributed by atoms with Crippen LogP contribution < -0.4 is 10.6 Å². The largest absolute Gasteiger partial charge is 0.357 e. The Morgan fingerprint density at radius 2 is 1.95 bits per heavy atom. The molecule has 0 spiro atoms. The van der Waals surface area contributed by atoms with E-state index in [1.54, 1.807) is 6.20 Å². The highest BCUT2D eigenvalue weighted by molar-refractivity contribution is 7.80. The van der Waals surface area contributed by atoms with Gasteiger partial charge in [-0.25, -0.2) is 0 Å². The molecule has 4 nitrogen and oxygen atoms in total. The zero-order valence-corrected chi connectivity index (χ0v) is 12.9. The van der Waals surface area contributed by atoms with E-state index in [0.29, 0.717) is 17.6 Å². The number of hydrogen-bond acceptors (Lipinski definition) is 2. The van der Waals surface area contributed by atoms with Crippen LogP contribution in [0.15, 0.2) is 36.5 Å². The minimum atomic E-state index is 0.541. The van der Waals surface area contributed by atoms with Gasteiger partial charge >= 0.3 is 0 Å². The van der Waals surface area contributed by atoms with Crippen molar-refractivity contribution >= 4 is 23.0 Å². The molecule has 0 amide bonds. The molecule has 0 aliphatic heterocycles. The van der Waals surface area contributed by atoms with Crippen LogP contribution in [-0.2, 0) is 13.6 Å². The summed E-state index contributed by atoms with van der Waals surface area (Å²) in [5, 5.41) is 11.1. The van der Waals surface area contributed by atoms with Gasteiger partial charge in [0.1, 0.15) is 0 Å². The van der Waals surface area contributed by atoms with Gasteiger partial charge < -0.3 is 10.6 Å². The maximum atomic E-state index is 5.28. The Kier molecular flexibility index (Phi) is 4.74. The first-order valence-corrected chi connectivity index (χ1v) is 7.09. The lowest BCUT2D eigenvalue weighted by molar-refractivity contribution is 0.695. The van der Waals surface area contributed by atoms with Gasteiger partial charge in [0.2, 0.25) is 0 Å². The fourth-order valence-corrected chi connectivity index (χ4v) is 2.06. The average molecular weight is 288 g/mol. The second-order valence-corrected chi connectivity index (χ2v) is 5.44. The molecule has 0 radical (unpaired) electrons. The summed E-state index contributed by atoms with van der Waals surface area (Å²) in [6.45, 7) is 5.03. The number of rotatable bonds is 4. The third-order valence-corrected chi connectivity index (χ3v) is 3.43. The van der Waals surface area contributed by atoms with Crippen molar-refractivity contribution in [2.45, 2.75) is 26.3 Å². The number of aromatic nitrogens is 2. The molecule has 1 aromatic heterocycles. The van der Waals surface area contributed by atoms with E-state index in [1.165, 1.54) is 5.56 Å². The Hall–Kier alpha value is -1.88. The van der Waals surface area contributed by atoms with Gasteiger partial charge in [0.05, 0.1) is 12.2 Å². The Balaban J connectivity index is 1.86. The predicted molar refractivity (Wildman–Crippen MR) is 86.8 cm³/mol. The number of nitrogens with zero attached hydrogens (tertiary/aromatic N) is 2. The molecule has 0 saturated heterocycles. The second kappa shape index (κ2) is 6.52. The van der Waals surface area contributed by atoms with Crippen LogP contribution in [-0.4, -0.2) is 14.9 Å². The lowest BCUT2D eigenvalue weighted by Crippen LogP contribution is -2.28. The van der Waals surface area contributed by atoms with Gasteiger partial charge in [-0.15, -0.1) is 0 Å². The highest BCUT2D eigenvalue weighted by Crippen LogP contribution is 2.16. The Bertz CT molecular complexity index is 572. The Labute approximate surface area is 125 Å². The third-order valence-electron chi connectivity index (χ3n) is 3.19. The average Bonchev–Trinajstić information content (AvgIpc) is 2.82. The predicted octanol–water partition coefficient (Wildman–Crippen LogP) is 3.03. The van der Waals surface area contributed by atoms with Crippen LogP contribution in [0.5, 0.6) is 0 Å². The molecule has 0 bridgehead atoms. The van der Waals surface area contributed by atoms with E-state index in [0.717, 1.165) is 11.4 Å². The second-order valence-electron chi connectivity index (χ2n) is 5.03. The molecule has 2 N–H and O–H groups in total. The molecule has 5 heteroatoms. The van der Waals surface area contributed by atoms with Crippen molar-refractivity contribution in [1.29, 1.82) is 0 Å². The SMILES string of the molecule is CC(C)c1ccc(NC(=S)NCc2ccnn2C)cc1. The van der Waals surface area contributed by atoms with E-state index >= 15 is 0 Å². The zero-order chi connectivity index (χ0) is 14.5. The van der Waals surface area contributed by atoms with Gasteiger partial charge in [0.25, 0.3) is 0 Å². The van der Waals surface area contributed by atoms with Gasteiger partial charge in [-0.05, 0) is 41.9 Å². The first-order chi connectivity index (χ1) is 9.56. The summed E-state index contributed by atoms with van der Waals surface area (Å²) in [5.74, 6) is 0.541. The molecule has 0 saturated carbocycles. The number of anilines is 1. The highest BCUT2D eigenvalue weighted by atomic mass is 32.1. The molecule has 2 aromatic rings. The van der Waals surface area contributed by atoms with E-state index in [2.05, 4.69) is 41.7 Å². The van der Waals surface area contributed by atoms with Crippen LogP contribution in [0, 0.1) is 0 Å². The molecule has 0 atom stereocenters. The number of nitrogens with one attached hydrogen (secondary N) is 2. The van der Waals surface area contributed by atoms with Crippen molar-refractivity contribution in [3.05, 3.63) is 47.8 Å². The lowest BCUT2D eigenvalue weighted by atomic mass is 10.0. The van der Waals surface area contributed by atoms with Gasteiger partial charge in [0.15, 0.2) is 5.11 Å². The van der Waals surface area contributed by atoms with Gasteiger partial charge in [-0.2, -0.15) is 5.10 Å². The lowest BCUT2D eigenvalue weighted by Gasteiger charge is -2.12. The molecule has 106 valence electrons. The molecule has 0 unspecified atom stereocenters. The summed E-state index contributed by atoms with van der Waals surface area (Å²) in [6.07, 6.45) is 1.78. The molecule has 2 rings (SSSR count). The molecular formula is C15H20N4S. The molecule has 0 aliphatic carbocycles. The Morgan fingerprint density at radius 1 is 1.25 bits per heavy atom. The fraction of sp³-hybridized carbons (Fsp3) is 0.333. The van der Waals surface area contributed by atoms with E-state index < -0.39 is 0 Å². The highest BCUT2D eigenvalue weighted by Gasteiger charge is 2.02. The van der Waals surface area contributed by atoms with Crippen molar-refractivity contribution < 1.29 is 0 Å². The summed E-state index contributed by atoms with van der Waals surface area (Å²) in [6, 6.07) is 10.3. The number of thiocarbonyl (C=S) groups is 1. The number of hydrogen-bond donors (Lipinski definition) is 2. The summed E-state index contributed by atoms with van der Waals surface area (Å²) in [4.78, 5) is 0. The standard InChI is InChI=1S/C15H20N4S/c1-11(2)12-4-6-13(7-5-12)18-15(20)16-10-14-8-9-17-19(14)3/h4-9,11H,10H2,1-3H3,(H2,16,18,20). The van der Waals surface area contributed by atoms with Gasteiger partial charge in [0, 0.05) is 18.9 Å². The minimum Gasteiger partial charge on any atom is -0.357 e. The molecule has 0 aliphatic rings. The van der Waals surface area contributed by atoms with E-state index in [9.17, 15) is 0 Å². The summed E-state index contributed by atoms with van der Waals surface area (Å²) in [7, 11) is 1.91. The van der Waals surface area contributed by atoms with Crippen LogP contribution in [0.2, 0.25) is 0 Å². The summed E-state index contributed by atoms with van der Waals surface area (Å²) in [5.41, 5.74) is 3.41. The van der Waals surface area contributed by atoms with Gasteiger partial charge in [-0.3, -0.25) is 4.68 Å². The quantitative estimate of drug-likeness (QED) is 0.849. The third kappa shape index (κ3) is 3.81. The van der Waals surface area contributed by atoms with Crippen LogP contribution in [0.3, 0.4) is 0 Å². The maximum Gasteiger partial charge on any atom is 0.171 e. The minimum absolute atomic E-state index is 0.541. The molecular weight excluding hydrogens is 268 g/mol. The van der Waals surface area contributed by atoms with Crippen LogP contribution in [0.4, 0.5) is 5.69 Å². The maximum absolute atomic E-state index is 5.28. The molecule has 20 heavy (non-hydrogen) atoms. The van der Waals surface area contributed by atoms with Crippen molar-refractivity contribution in [3.63, 3.8) is 0 Å². The van der Waals surface area contributed by atoms with E-state index in [4.69, 9.17) is 12.2 Å². The van der Waals surface area contributed by atoms with Crippen molar-refractivity contribution in [2.24, 2.45) is 7.05 Å². The van der Waals surface area contributed by atoms with Crippen molar-refractivity contribution in [3.8, 4) is 0 Å². The first kappa shape index (κ1) is 14.5. The van der Waals surface area contributed by atoms with E-state index in [-0.39, 0.29) is 0 Å². The number of aryl methyl sites for hydroxylation is 1. The zero-order valence-electron chi connectivity index (χ0n) is 12.1. The van der Waals surface area contributed by atoms with Crippen LogP contribution in [0.25, 0.3) is 0 Å². The van der Waals surface area contributed by atoms with Crippen LogP contribution in [0.1, 0.15) is 31.0 Å². The molecule has 1 heterocycles. The topological polar surface area (TPSA) is 41.9 Å². The fourth-order valence-electron chi connectivity index (χ4n) is 1.87. The summed E-state index contributed by atoms with van der Waals surface area (Å²) < 4.78 is 1.83. The Morgan fingerprint density at radius 3 is 2.50 bits per heavy atom. The normalized spacial score (nSPS) is 10.6. The molecule has 0 fully saturated rings. The molecule has 1 aromatic carbocycles. The monoisotopic (exact) mass is 288 g/mol. The smallest absolute Gasteiger partial charge is 0.171 e. The van der Waals surface area contributed by atoms with Crippen molar-refractivity contribution in [2.75, 3.05) is 5.32 Å². The number of benzene rings is 1. The van der Waals surface area contributed by atoms with Crippen LogP contribution >= 0.6 is 12.2 Å². The summed E-state index contributed by atoms with van der Waals surface area (Å²) >= 11 is 5.28. The first-order valence-electron chi connectivity index (χ1n) is 6.68. The van der Waals surface area contributed by atoms with Crippen molar-refractivity contribution in [1.82, 2.24) is 15.1 Å². The van der Waals surface area contributed by atoms with Gasteiger partial charge in [-0.1, -0.05) is 26.0 Å².